The molecule has 0 unspecified atom stereocenters. The van der Waals surface area contributed by atoms with Gasteiger partial charge in [-0.05, 0) is 6.07 Å². The standard InChI is InChI=1S/C7H13BNO4S2/c1-9(2,3)15(12,13)7-5-4-6(14-7)8(10)11/h4-5,10-11H,1-3H3/q+1. The SMILES string of the molecule is C[N+](C)(C)S(=O)(=O)c1ccc(B(O)O)s1. The summed E-state index contributed by atoms with van der Waals surface area (Å²) in [7, 11) is -0.437. The van der Waals surface area contributed by atoms with Crippen molar-refractivity contribution < 1.29 is 22.4 Å². The monoisotopic (exact) mass is 250 g/mol. The molecule has 2 N–H and O–H groups in total. The first-order valence-electron chi connectivity index (χ1n) is 4.19. The normalized spacial score (nSPS) is 12.9. The van der Waals surface area contributed by atoms with Gasteiger partial charge in [0.15, 0.2) is 4.21 Å². The summed E-state index contributed by atoms with van der Waals surface area (Å²) in [5.41, 5.74) is 0. The Bertz CT molecular complexity index is 446. The summed E-state index contributed by atoms with van der Waals surface area (Å²) in [6.45, 7) is 0. The van der Waals surface area contributed by atoms with E-state index in [1.807, 2.05) is 0 Å². The van der Waals surface area contributed by atoms with Gasteiger partial charge < -0.3 is 10.0 Å². The molecule has 0 saturated heterocycles. The van der Waals surface area contributed by atoms with E-state index in [2.05, 4.69) is 0 Å². The summed E-state index contributed by atoms with van der Waals surface area (Å²) in [6, 6.07) is 2.79. The number of quaternary nitrogens is 1. The lowest BCUT2D eigenvalue weighted by atomic mass is 9.90. The van der Waals surface area contributed by atoms with E-state index in [0.29, 0.717) is 0 Å². The second kappa shape index (κ2) is 3.87. The van der Waals surface area contributed by atoms with Crippen LogP contribution in [-0.4, -0.2) is 50.6 Å². The van der Waals surface area contributed by atoms with Gasteiger partial charge in [-0.3, -0.25) is 0 Å². The van der Waals surface area contributed by atoms with Crippen LogP contribution >= 0.6 is 11.3 Å². The molecule has 0 amide bonds. The van der Waals surface area contributed by atoms with Crippen LogP contribution in [0.4, 0.5) is 0 Å². The second-order valence-corrected chi connectivity index (χ2v) is 7.75. The van der Waals surface area contributed by atoms with Crippen molar-refractivity contribution >= 4 is 33.3 Å². The maximum Gasteiger partial charge on any atom is 0.499 e. The van der Waals surface area contributed by atoms with Crippen LogP contribution in [0.5, 0.6) is 0 Å². The molecule has 8 heteroatoms. The van der Waals surface area contributed by atoms with Gasteiger partial charge in [0, 0.05) is 4.78 Å². The molecule has 0 saturated carbocycles. The Morgan fingerprint density at radius 1 is 1.27 bits per heavy atom. The largest absolute Gasteiger partial charge is 0.499 e. The van der Waals surface area contributed by atoms with Crippen LogP contribution in [0.15, 0.2) is 16.3 Å². The van der Waals surface area contributed by atoms with Gasteiger partial charge in [0.25, 0.3) is 0 Å². The summed E-state index contributed by atoms with van der Waals surface area (Å²) in [4.78, 5) is 0. The van der Waals surface area contributed by atoms with Crippen LogP contribution in [0.1, 0.15) is 0 Å². The van der Waals surface area contributed by atoms with Crippen molar-refractivity contribution in [3.05, 3.63) is 12.1 Å². The van der Waals surface area contributed by atoms with Crippen LogP contribution in [0.3, 0.4) is 0 Å². The fourth-order valence-electron chi connectivity index (χ4n) is 0.882. The van der Waals surface area contributed by atoms with Crippen LogP contribution in [0.25, 0.3) is 0 Å². The number of hydrogen-bond donors (Lipinski definition) is 2. The Morgan fingerprint density at radius 3 is 2.13 bits per heavy atom. The first-order chi connectivity index (χ1) is 6.66. The van der Waals surface area contributed by atoms with Crippen molar-refractivity contribution in [1.29, 1.82) is 0 Å². The predicted octanol–water partition coefficient (Wildman–Crippen LogP) is -1.18. The molecule has 1 rings (SSSR count). The van der Waals surface area contributed by atoms with Gasteiger partial charge >= 0.3 is 17.1 Å². The molecule has 0 aliphatic carbocycles. The molecule has 0 aliphatic heterocycles. The molecule has 0 radical (unpaired) electrons. The summed E-state index contributed by atoms with van der Waals surface area (Å²) in [5.74, 6) is 0. The number of hydrogen-bond acceptors (Lipinski definition) is 5. The molecule has 5 nitrogen and oxygen atoms in total. The topological polar surface area (TPSA) is 74.6 Å². The zero-order valence-corrected chi connectivity index (χ0v) is 10.3. The van der Waals surface area contributed by atoms with Crippen LogP contribution in [-0.2, 0) is 10.0 Å². The zero-order valence-electron chi connectivity index (χ0n) is 8.71. The molecule has 1 heterocycles. The van der Waals surface area contributed by atoms with E-state index in [-0.39, 0.29) is 12.9 Å². The number of sulfonamides is 1. The van der Waals surface area contributed by atoms with Crippen molar-refractivity contribution in [2.75, 3.05) is 21.1 Å². The molecule has 0 aliphatic rings. The van der Waals surface area contributed by atoms with Crippen molar-refractivity contribution in [1.82, 2.24) is 0 Å². The van der Waals surface area contributed by atoms with Crippen LogP contribution < -0.4 is 4.78 Å². The molecular formula is C7H13BNO4S2+. The molecule has 0 aromatic carbocycles. The fraction of sp³-hybridized carbons (Fsp3) is 0.429. The van der Waals surface area contributed by atoms with Crippen molar-refractivity contribution in [3.8, 4) is 0 Å². The first kappa shape index (κ1) is 12.7. The minimum atomic E-state index is -3.46. The highest BCUT2D eigenvalue weighted by Gasteiger charge is 2.32. The minimum absolute atomic E-state index is 0.137. The van der Waals surface area contributed by atoms with Gasteiger partial charge in [-0.2, -0.15) is 8.42 Å². The predicted molar refractivity (Wildman–Crippen MR) is 59.4 cm³/mol. The molecular weight excluding hydrogens is 237 g/mol. The molecule has 0 atom stereocenters. The second-order valence-electron chi connectivity index (χ2n) is 3.89. The van der Waals surface area contributed by atoms with Gasteiger partial charge in [0.1, 0.15) is 0 Å². The quantitative estimate of drug-likeness (QED) is 0.523. The molecule has 0 bridgehead atoms. The summed E-state index contributed by atoms with van der Waals surface area (Å²) in [5, 5.41) is 17.7. The molecule has 0 spiro atoms. The Balaban J connectivity index is 3.19. The Labute approximate surface area is 93.4 Å². The maximum atomic E-state index is 11.9. The van der Waals surface area contributed by atoms with Crippen molar-refractivity contribution in [3.63, 3.8) is 0 Å². The smallest absolute Gasteiger partial charge is 0.423 e. The highest BCUT2D eigenvalue weighted by molar-refractivity contribution is 7.88. The third kappa shape index (κ3) is 2.40. The van der Waals surface area contributed by atoms with E-state index >= 15 is 0 Å². The lowest BCUT2D eigenvalue weighted by Crippen LogP contribution is -2.40. The van der Waals surface area contributed by atoms with Crippen molar-refractivity contribution in [2.45, 2.75) is 4.21 Å². The van der Waals surface area contributed by atoms with Gasteiger partial charge in [0.05, 0.1) is 21.1 Å². The number of rotatable bonds is 3. The van der Waals surface area contributed by atoms with Gasteiger partial charge in [-0.15, -0.1) is 11.3 Å². The third-order valence-electron chi connectivity index (χ3n) is 1.83. The average molecular weight is 250 g/mol. The van der Waals surface area contributed by atoms with E-state index in [0.717, 1.165) is 11.3 Å². The van der Waals surface area contributed by atoms with Crippen molar-refractivity contribution in [2.24, 2.45) is 0 Å². The molecule has 15 heavy (non-hydrogen) atoms. The highest BCUT2D eigenvalue weighted by Crippen LogP contribution is 2.21. The van der Waals surface area contributed by atoms with E-state index in [1.54, 1.807) is 21.1 Å². The summed E-state index contributed by atoms with van der Waals surface area (Å²) < 4.78 is 24.0. The van der Waals surface area contributed by atoms with E-state index in [1.165, 1.54) is 12.1 Å². The van der Waals surface area contributed by atoms with E-state index in [9.17, 15) is 8.42 Å². The Kier molecular flexibility index (Phi) is 3.27. The fourth-order valence-corrected chi connectivity index (χ4v) is 3.65. The lowest BCUT2D eigenvalue weighted by Gasteiger charge is -2.21. The maximum absolute atomic E-state index is 11.9. The third-order valence-corrected chi connectivity index (χ3v) is 5.72. The number of thiophene rings is 1. The van der Waals surface area contributed by atoms with E-state index in [4.69, 9.17) is 10.0 Å². The average Bonchev–Trinajstić information content (AvgIpc) is 2.49. The molecule has 1 aromatic rings. The van der Waals surface area contributed by atoms with Gasteiger partial charge in [-0.1, -0.05) is 6.07 Å². The van der Waals surface area contributed by atoms with E-state index < -0.39 is 17.1 Å². The first-order valence-corrected chi connectivity index (χ1v) is 6.44. The molecule has 0 fully saturated rings. The lowest BCUT2D eigenvalue weighted by molar-refractivity contribution is -0.738. The Hall–Kier alpha value is -0.405. The van der Waals surface area contributed by atoms with Gasteiger partial charge in [-0.25, -0.2) is 3.89 Å². The van der Waals surface area contributed by atoms with Crippen LogP contribution in [0.2, 0.25) is 0 Å². The zero-order chi connectivity index (χ0) is 11.9. The Morgan fingerprint density at radius 2 is 1.80 bits per heavy atom. The van der Waals surface area contributed by atoms with Gasteiger partial charge in [0.2, 0.25) is 0 Å². The van der Waals surface area contributed by atoms with Crippen LogP contribution in [0, 0.1) is 0 Å². The molecule has 84 valence electrons. The number of nitrogens with zero attached hydrogens (tertiary/aromatic N) is 1. The summed E-state index contributed by atoms with van der Waals surface area (Å²) in [6.07, 6.45) is 0. The molecule has 1 aromatic heterocycles. The highest BCUT2D eigenvalue weighted by atomic mass is 32.2. The minimum Gasteiger partial charge on any atom is -0.423 e. The summed E-state index contributed by atoms with van der Waals surface area (Å²) >= 11 is 0.871.